The van der Waals surface area contributed by atoms with Crippen LogP contribution in [0.25, 0.3) is 11.0 Å². The normalized spacial score (nSPS) is 13.5. The molecule has 0 radical (unpaired) electrons. The summed E-state index contributed by atoms with van der Waals surface area (Å²) in [5.74, 6) is 1.04. The summed E-state index contributed by atoms with van der Waals surface area (Å²) >= 11 is 1.73. The maximum atomic E-state index is 13.2. The number of carbonyl (C=O) groups is 2. The highest BCUT2D eigenvalue weighted by atomic mass is 32.1. The van der Waals surface area contributed by atoms with Gasteiger partial charge in [-0.25, -0.2) is 4.98 Å². The van der Waals surface area contributed by atoms with E-state index in [0.717, 1.165) is 42.4 Å². The van der Waals surface area contributed by atoms with Crippen molar-refractivity contribution in [1.82, 2.24) is 20.2 Å². The minimum absolute atomic E-state index is 0.253. The molecule has 0 bridgehead atoms. The molecular weight excluding hydrogens is 432 g/mol. The van der Waals surface area contributed by atoms with Gasteiger partial charge in [0.25, 0.3) is 5.91 Å². The quantitative estimate of drug-likeness (QED) is 0.368. The zero-order chi connectivity index (χ0) is 24.0. The van der Waals surface area contributed by atoms with Gasteiger partial charge in [-0.1, -0.05) is 33.8 Å². The largest absolute Gasteiger partial charge is 0.339 e. The molecule has 3 aromatic rings. The molecule has 0 saturated carbocycles. The molecule has 0 aliphatic carbocycles. The van der Waals surface area contributed by atoms with Gasteiger partial charge in [-0.2, -0.15) is 0 Å². The van der Waals surface area contributed by atoms with E-state index in [1.807, 2.05) is 32.0 Å². The SMILES string of the molecule is CCC(CC)n1c(Cc2cccs2)nc2cc(C(=O)NC(C=O)(CNC)CC(C)C)ccc21. The van der Waals surface area contributed by atoms with Crippen LogP contribution in [-0.4, -0.2) is 40.9 Å². The first-order valence-electron chi connectivity index (χ1n) is 11.8. The molecule has 33 heavy (non-hydrogen) atoms. The van der Waals surface area contributed by atoms with E-state index in [1.165, 1.54) is 4.88 Å². The van der Waals surface area contributed by atoms with Crippen LogP contribution < -0.4 is 10.6 Å². The van der Waals surface area contributed by atoms with Crippen LogP contribution in [0.15, 0.2) is 35.7 Å². The molecule has 1 unspecified atom stereocenters. The zero-order valence-electron chi connectivity index (χ0n) is 20.4. The number of aldehydes is 1. The molecule has 1 atom stereocenters. The first-order valence-corrected chi connectivity index (χ1v) is 12.7. The van der Waals surface area contributed by atoms with Crippen LogP contribution in [-0.2, 0) is 11.2 Å². The number of fused-ring (bicyclic) bond motifs is 1. The number of nitrogens with zero attached hydrogens (tertiary/aromatic N) is 2. The highest BCUT2D eigenvalue weighted by Crippen LogP contribution is 2.28. The van der Waals surface area contributed by atoms with Crippen molar-refractivity contribution >= 4 is 34.6 Å². The minimum Gasteiger partial charge on any atom is -0.339 e. The number of hydrogen-bond acceptors (Lipinski definition) is 5. The molecule has 0 spiro atoms. The van der Waals surface area contributed by atoms with Crippen molar-refractivity contribution in [3.05, 3.63) is 52.0 Å². The summed E-state index contributed by atoms with van der Waals surface area (Å²) < 4.78 is 2.34. The molecule has 0 fully saturated rings. The lowest BCUT2D eigenvalue weighted by Gasteiger charge is -2.31. The van der Waals surface area contributed by atoms with Gasteiger partial charge in [0.2, 0.25) is 0 Å². The van der Waals surface area contributed by atoms with Gasteiger partial charge in [0.1, 0.15) is 17.6 Å². The monoisotopic (exact) mass is 468 g/mol. The predicted octanol–water partition coefficient (Wildman–Crippen LogP) is 4.98. The number of aromatic nitrogens is 2. The Labute approximate surface area is 200 Å². The Bertz CT molecular complexity index is 1070. The van der Waals surface area contributed by atoms with Gasteiger partial charge in [0.15, 0.2) is 0 Å². The number of benzene rings is 1. The molecule has 7 heteroatoms. The number of likely N-dealkylation sites (N-methyl/N-ethyl adjacent to an activating group) is 1. The molecule has 2 N–H and O–H groups in total. The third-order valence-electron chi connectivity index (χ3n) is 6.10. The second-order valence-electron chi connectivity index (χ2n) is 9.18. The summed E-state index contributed by atoms with van der Waals surface area (Å²) in [5, 5.41) is 8.13. The van der Waals surface area contributed by atoms with Crippen molar-refractivity contribution in [3.63, 3.8) is 0 Å². The summed E-state index contributed by atoms with van der Waals surface area (Å²) in [6.45, 7) is 8.88. The van der Waals surface area contributed by atoms with E-state index in [9.17, 15) is 9.59 Å². The Kier molecular flexibility index (Phi) is 8.43. The second kappa shape index (κ2) is 11.1. The number of imidazole rings is 1. The number of nitrogens with one attached hydrogen (secondary N) is 2. The van der Waals surface area contributed by atoms with Crippen LogP contribution in [0.4, 0.5) is 0 Å². The molecular formula is C26H36N4O2S. The minimum atomic E-state index is -0.936. The number of rotatable bonds is 12. The molecule has 6 nitrogen and oxygen atoms in total. The van der Waals surface area contributed by atoms with Gasteiger partial charge in [-0.3, -0.25) is 4.79 Å². The summed E-state index contributed by atoms with van der Waals surface area (Å²) in [7, 11) is 1.79. The van der Waals surface area contributed by atoms with Crippen molar-refractivity contribution < 1.29 is 9.59 Å². The van der Waals surface area contributed by atoms with E-state index >= 15 is 0 Å². The fourth-order valence-electron chi connectivity index (χ4n) is 4.67. The van der Waals surface area contributed by atoms with Crippen LogP contribution in [0.3, 0.4) is 0 Å². The molecule has 178 valence electrons. The third kappa shape index (κ3) is 5.71. The summed E-state index contributed by atoms with van der Waals surface area (Å²) in [6, 6.07) is 10.2. The van der Waals surface area contributed by atoms with Crippen LogP contribution in [0.2, 0.25) is 0 Å². The molecule has 0 saturated heterocycles. The number of carbonyl (C=O) groups excluding carboxylic acids is 2. The zero-order valence-corrected chi connectivity index (χ0v) is 21.2. The van der Waals surface area contributed by atoms with E-state index in [-0.39, 0.29) is 11.8 Å². The molecule has 2 heterocycles. The molecule has 2 aromatic heterocycles. The van der Waals surface area contributed by atoms with Crippen molar-refractivity contribution in [2.24, 2.45) is 5.92 Å². The van der Waals surface area contributed by atoms with Gasteiger partial charge in [0.05, 0.1) is 11.0 Å². The topological polar surface area (TPSA) is 76.0 Å². The Balaban J connectivity index is 1.98. The number of hydrogen-bond donors (Lipinski definition) is 2. The molecule has 0 aliphatic rings. The van der Waals surface area contributed by atoms with E-state index in [0.29, 0.717) is 24.6 Å². The van der Waals surface area contributed by atoms with Crippen LogP contribution in [0.5, 0.6) is 0 Å². The van der Waals surface area contributed by atoms with Crippen molar-refractivity contribution in [2.75, 3.05) is 13.6 Å². The number of thiophene rings is 1. The maximum Gasteiger partial charge on any atom is 0.252 e. The molecule has 3 rings (SSSR count). The average molecular weight is 469 g/mol. The van der Waals surface area contributed by atoms with Crippen LogP contribution in [0, 0.1) is 5.92 Å². The van der Waals surface area contributed by atoms with Gasteiger partial charge < -0.3 is 20.0 Å². The highest BCUT2D eigenvalue weighted by Gasteiger charge is 2.32. The second-order valence-corrected chi connectivity index (χ2v) is 10.2. The molecule has 1 aromatic carbocycles. The van der Waals surface area contributed by atoms with Crippen molar-refractivity contribution in [1.29, 1.82) is 0 Å². The van der Waals surface area contributed by atoms with Crippen LogP contribution >= 0.6 is 11.3 Å². The maximum absolute atomic E-state index is 13.2. The highest BCUT2D eigenvalue weighted by molar-refractivity contribution is 7.09. The lowest BCUT2D eigenvalue weighted by atomic mass is 9.89. The van der Waals surface area contributed by atoms with Gasteiger partial charge in [-0.05, 0) is 61.9 Å². The lowest BCUT2D eigenvalue weighted by Crippen LogP contribution is -2.56. The predicted molar refractivity (Wildman–Crippen MR) is 136 cm³/mol. The Hall–Kier alpha value is -2.51. The van der Waals surface area contributed by atoms with Crippen LogP contribution in [0.1, 0.15) is 74.1 Å². The third-order valence-corrected chi connectivity index (χ3v) is 6.97. The van der Waals surface area contributed by atoms with Gasteiger partial charge >= 0.3 is 0 Å². The average Bonchev–Trinajstić information content (AvgIpc) is 3.42. The first kappa shape index (κ1) is 25.1. The summed E-state index contributed by atoms with van der Waals surface area (Å²) in [4.78, 5) is 31.4. The number of amides is 1. The fraction of sp³-hybridized carbons (Fsp3) is 0.500. The Morgan fingerprint density at radius 1 is 1.24 bits per heavy atom. The van der Waals surface area contributed by atoms with Gasteiger partial charge in [0, 0.05) is 29.4 Å². The Morgan fingerprint density at radius 2 is 2.00 bits per heavy atom. The molecule has 0 aliphatic heterocycles. The fourth-order valence-corrected chi connectivity index (χ4v) is 5.38. The Morgan fingerprint density at radius 3 is 2.58 bits per heavy atom. The summed E-state index contributed by atoms with van der Waals surface area (Å²) in [5.41, 5.74) is 1.44. The smallest absolute Gasteiger partial charge is 0.252 e. The molecule has 1 amide bonds. The van der Waals surface area contributed by atoms with Crippen molar-refractivity contribution in [3.8, 4) is 0 Å². The standard InChI is InChI=1S/C26H36N4O2S/c1-6-20(7-2)30-23-11-10-19(13-22(23)28-24(30)14-21-9-8-12-33-21)25(32)29-26(17-31,16-27-5)15-18(3)4/h8-13,17-18,20,27H,6-7,14-16H2,1-5H3,(H,29,32). The van der Waals surface area contributed by atoms with E-state index in [2.05, 4.69) is 46.6 Å². The summed E-state index contributed by atoms with van der Waals surface area (Å²) in [6.07, 6.45) is 4.24. The van der Waals surface area contributed by atoms with E-state index < -0.39 is 5.54 Å². The van der Waals surface area contributed by atoms with Gasteiger partial charge in [-0.15, -0.1) is 11.3 Å². The van der Waals surface area contributed by atoms with E-state index in [1.54, 1.807) is 18.4 Å². The lowest BCUT2D eigenvalue weighted by molar-refractivity contribution is -0.113. The van der Waals surface area contributed by atoms with Crippen molar-refractivity contribution in [2.45, 2.75) is 65.0 Å². The first-order chi connectivity index (χ1) is 15.9. The van der Waals surface area contributed by atoms with E-state index in [4.69, 9.17) is 4.98 Å².